The lowest BCUT2D eigenvalue weighted by Crippen LogP contribution is -2.47. The highest BCUT2D eigenvalue weighted by atomic mass is 16.6. The number of ether oxygens (including phenoxy) is 2. The first kappa shape index (κ1) is 21.2. The van der Waals surface area contributed by atoms with Gasteiger partial charge in [0.15, 0.2) is 0 Å². The fraction of sp³-hybridized carbons (Fsp3) is 0.304. The van der Waals surface area contributed by atoms with Gasteiger partial charge in [0.1, 0.15) is 19.3 Å². The molecular weight excluding hydrogens is 354 g/mol. The molecule has 0 saturated carbocycles. The molecule has 2 rings (SSSR count). The zero-order valence-corrected chi connectivity index (χ0v) is 16.5. The van der Waals surface area contributed by atoms with Gasteiger partial charge in [0.25, 0.3) is 0 Å². The third kappa shape index (κ3) is 6.27. The van der Waals surface area contributed by atoms with E-state index in [1.54, 1.807) is 0 Å². The van der Waals surface area contributed by atoms with Crippen molar-refractivity contribution in [3.63, 3.8) is 0 Å². The van der Waals surface area contributed by atoms with Crippen LogP contribution in [0.1, 0.15) is 23.6 Å². The highest BCUT2D eigenvalue weighted by Gasteiger charge is 2.31. The first-order chi connectivity index (χ1) is 13.5. The second-order valence-corrected chi connectivity index (χ2v) is 6.45. The van der Waals surface area contributed by atoms with Crippen LogP contribution in [0.2, 0.25) is 0 Å². The maximum atomic E-state index is 12.9. The van der Waals surface area contributed by atoms with Gasteiger partial charge in [-0.25, -0.2) is 9.59 Å². The zero-order chi connectivity index (χ0) is 20.4. The average molecular weight is 381 g/mol. The molecule has 0 saturated heterocycles. The van der Waals surface area contributed by atoms with Crippen LogP contribution in [-0.2, 0) is 27.3 Å². The Morgan fingerprint density at radius 2 is 1.71 bits per heavy atom. The van der Waals surface area contributed by atoms with Crippen molar-refractivity contribution in [2.45, 2.75) is 32.9 Å². The highest BCUT2D eigenvalue weighted by molar-refractivity contribution is 5.81. The van der Waals surface area contributed by atoms with Gasteiger partial charge in [0.05, 0.1) is 0 Å². The molecule has 2 aromatic carbocycles. The third-order valence-corrected chi connectivity index (χ3v) is 4.32. The van der Waals surface area contributed by atoms with Gasteiger partial charge < -0.3 is 9.47 Å². The van der Waals surface area contributed by atoms with Crippen molar-refractivity contribution < 1.29 is 19.1 Å². The number of carbonyl (C=O) groups is 2. The van der Waals surface area contributed by atoms with Gasteiger partial charge in [-0.3, -0.25) is 4.90 Å². The average Bonchev–Trinajstić information content (AvgIpc) is 2.72. The van der Waals surface area contributed by atoms with Crippen LogP contribution in [0.15, 0.2) is 67.3 Å². The molecule has 5 heteroatoms. The number of esters is 1. The van der Waals surface area contributed by atoms with E-state index in [0.717, 1.165) is 16.7 Å². The predicted octanol–water partition coefficient (Wildman–Crippen LogP) is 4.29. The fourth-order valence-corrected chi connectivity index (χ4v) is 2.78. The molecule has 28 heavy (non-hydrogen) atoms. The molecule has 0 N–H and O–H groups in total. The summed E-state index contributed by atoms with van der Waals surface area (Å²) >= 11 is 0. The van der Waals surface area contributed by atoms with E-state index in [9.17, 15) is 9.59 Å². The summed E-state index contributed by atoms with van der Waals surface area (Å²) in [5, 5.41) is 0. The lowest BCUT2D eigenvalue weighted by Gasteiger charge is -2.28. The Morgan fingerprint density at radius 1 is 1.04 bits per heavy atom. The summed E-state index contributed by atoms with van der Waals surface area (Å²) in [6, 6.07) is 16.5. The number of hydrogen-bond donors (Lipinski definition) is 0. The number of benzene rings is 2. The number of carbonyl (C=O) groups excluding carboxylic acids is 2. The van der Waals surface area contributed by atoms with Gasteiger partial charge in [-0.2, -0.15) is 0 Å². The Labute approximate surface area is 166 Å². The molecule has 0 aromatic heterocycles. The summed E-state index contributed by atoms with van der Waals surface area (Å²) in [6.45, 7) is 7.93. The smallest absolute Gasteiger partial charge is 0.410 e. The number of rotatable bonds is 9. The highest BCUT2D eigenvalue weighted by Crippen LogP contribution is 2.15. The van der Waals surface area contributed by atoms with E-state index in [0.29, 0.717) is 13.0 Å². The van der Waals surface area contributed by atoms with E-state index in [1.165, 1.54) is 11.0 Å². The van der Waals surface area contributed by atoms with Gasteiger partial charge in [-0.15, -0.1) is 0 Å². The van der Waals surface area contributed by atoms with Crippen LogP contribution in [0.5, 0.6) is 0 Å². The van der Waals surface area contributed by atoms with Crippen LogP contribution in [0.4, 0.5) is 4.79 Å². The molecule has 0 heterocycles. The van der Waals surface area contributed by atoms with Gasteiger partial charge in [-0.1, -0.05) is 72.8 Å². The standard InChI is InChI=1S/C23H27NO4/c1-4-15-27-23(26)24(5-2)21(16-19-13-11-18(3)12-14-19)22(25)28-17-20-9-7-6-8-10-20/h4,6-14,21H,1,5,15-17H2,2-3H3. The van der Waals surface area contributed by atoms with Crippen LogP contribution >= 0.6 is 0 Å². The number of hydrogen-bond acceptors (Lipinski definition) is 4. The number of amides is 1. The summed E-state index contributed by atoms with van der Waals surface area (Å²) in [5.41, 5.74) is 2.97. The Bertz CT molecular complexity index is 771. The molecule has 0 fully saturated rings. The molecule has 1 atom stereocenters. The summed E-state index contributed by atoms with van der Waals surface area (Å²) in [5.74, 6) is -0.457. The minimum atomic E-state index is -0.770. The van der Waals surface area contributed by atoms with Gasteiger partial charge in [0, 0.05) is 13.0 Å². The van der Waals surface area contributed by atoms with E-state index in [4.69, 9.17) is 9.47 Å². The summed E-state index contributed by atoms with van der Waals surface area (Å²) in [6.07, 6.45) is 1.29. The van der Waals surface area contributed by atoms with Crippen molar-refractivity contribution in [3.8, 4) is 0 Å². The van der Waals surface area contributed by atoms with E-state index in [2.05, 4.69) is 6.58 Å². The van der Waals surface area contributed by atoms with Gasteiger partial charge >= 0.3 is 12.1 Å². The lowest BCUT2D eigenvalue weighted by atomic mass is 10.0. The van der Waals surface area contributed by atoms with Crippen molar-refractivity contribution in [2.75, 3.05) is 13.2 Å². The maximum Gasteiger partial charge on any atom is 0.410 e. The molecule has 0 aliphatic rings. The van der Waals surface area contributed by atoms with Crippen LogP contribution in [-0.4, -0.2) is 36.2 Å². The minimum absolute atomic E-state index is 0.0889. The summed E-state index contributed by atoms with van der Waals surface area (Å²) in [4.78, 5) is 26.7. The molecule has 0 bridgehead atoms. The molecule has 0 spiro atoms. The molecule has 2 aromatic rings. The van der Waals surface area contributed by atoms with E-state index < -0.39 is 18.1 Å². The Morgan fingerprint density at radius 3 is 2.32 bits per heavy atom. The molecule has 0 aliphatic carbocycles. The van der Waals surface area contributed by atoms with Crippen molar-refractivity contribution in [1.82, 2.24) is 4.90 Å². The second kappa shape index (κ2) is 10.9. The molecule has 5 nitrogen and oxygen atoms in total. The van der Waals surface area contributed by atoms with Crippen molar-refractivity contribution in [3.05, 3.63) is 83.9 Å². The minimum Gasteiger partial charge on any atom is -0.459 e. The Balaban J connectivity index is 2.17. The quantitative estimate of drug-likeness (QED) is 0.480. The first-order valence-electron chi connectivity index (χ1n) is 9.35. The largest absolute Gasteiger partial charge is 0.459 e. The summed E-state index contributed by atoms with van der Waals surface area (Å²) < 4.78 is 10.7. The fourth-order valence-electron chi connectivity index (χ4n) is 2.78. The van der Waals surface area contributed by atoms with Crippen LogP contribution in [0.3, 0.4) is 0 Å². The van der Waals surface area contributed by atoms with E-state index in [1.807, 2.05) is 68.4 Å². The van der Waals surface area contributed by atoms with E-state index >= 15 is 0 Å². The second-order valence-electron chi connectivity index (χ2n) is 6.45. The van der Waals surface area contributed by atoms with Gasteiger partial charge in [-0.05, 0) is 25.0 Å². The normalized spacial score (nSPS) is 11.4. The molecule has 0 radical (unpaired) electrons. The predicted molar refractivity (Wildman–Crippen MR) is 109 cm³/mol. The third-order valence-electron chi connectivity index (χ3n) is 4.32. The van der Waals surface area contributed by atoms with Crippen molar-refractivity contribution >= 4 is 12.1 Å². The zero-order valence-electron chi connectivity index (χ0n) is 16.5. The summed E-state index contributed by atoms with van der Waals surface area (Å²) in [7, 11) is 0. The van der Waals surface area contributed by atoms with Gasteiger partial charge in [0.2, 0.25) is 0 Å². The number of nitrogens with zero attached hydrogens (tertiary/aromatic N) is 1. The van der Waals surface area contributed by atoms with Crippen LogP contribution in [0.25, 0.3) is 0 Å². The monoisotopic (exact) mass is 381 g/mol. The number of aryl methyl sites for hydroxylation is 1. The molecule has 1 unspecified atom stereocenters. The van der Waals surface area contributed by atoms with Crippen molar-refractivity contribution in [2.24, 2.45) is 0 Å². The first-order valence-corrected chi connectivity index (χ1v) is 9.35. The molecule has 148 valence electrons. The van der Waals surface area contributed by atoms with Crippen molar-refractivity contribution in [1.29, 1.82) is 0 Å². The van der Waals surface area contributed by atoms with E-state index in [-0.39, 0.29) is 13.2 Å². The topological polar surface area (TPSA) is 55.8 Å². The lowest BCUT2D eigenvalue weighted by molar-refractivity contribution is -0.150. The van der Waals surface area contributed by atoms with Crippen LogP contribution < -0.4 is 0 Å². The molecule has 1 amide bonds. The molecular formula is C23H27NO4. The SMILES string of the molecule is C=CCOC(=O)N(CC)C(Cc1ccc(C)cc1)C(=O)OCc1ccccc1. The Kier molecular flexibility index (Phi) is 8.28. The Hall–Kier alpha value is -3.08. The molecule has 0 aliphatic heterocycles. The maximum absolute atomic E-state index is 12.9. The van der Waals surface area contributed by atoms with Crippen LogP contribution in [0, 0.1) is 6.92 Å². The number of likely N-dealkylation sites (N-methyl/N-ethyl adjacent to an activating group) is 1.